The van der Waals surface area contributed by atoms with E-state index in [4.69, 9.17) is 16.3 Å². The lowest BCUT2D eigenvalue weighted by Gasteiger charge is -2.35. The third kappa shape index (κ3) is 10.5. The van der Waals surface area contributed by atoms with Crippen LogP contribution in [-0.4, -0.2) is 80.0 Å². The number of benzene rings is 2. The van der Waals surface area contributed by atoms with Crippen LogP contribution in [0.25, 0.3) is 0 Å². The van der Waals surface area contributed by atoms with Crippen molar-refractivity contribution in [3.8, 4) is 0 Å². The molecule has 18 heteroatoms. The van der Waals surface area contributed by atoms with Crippen molar-refractivity contribution < 1.29 is 46.4 Å². The number of nitrogens with zero attached hydrogens (tertiary/aromatic N) is 3. The van der Waals surface area contributed by atoms with Gasteiger partial charge in [-0.25, -0.2) is 18.2 Å². The molecule has 2 heterocycles. The number of piperazine rings is 1. The van der Waals surface area contributed by atoms with Crippen molar-refractivity contribution in [1.29, 1.82) is 0 Å². The smallest absolute Gasteiger partial charge is 0.416 e. The highest BCUT2D eigenvalue weighted by Crippen LogP contribution is 2.33. The summed E-state index contributed by atoms with van der Waals surface area (Å²) in [6, 6.07) is 12.6. The lowest BCUT2D eigenvalue weighted by molar-refractivity contribution is -0.403. The van der Waals surface area contributed by atoms with E-state index in [9.17, 15) is 36.0 Å². The van der Waals surface area contributed by atoms with Gasteiger partial charge in [0, 0.05) is 56.1 Å². The third-order valence-corrected chi connectivity index (χ3v) is 9.45. The molecule has 1 atom stereocenters. The van der Waals surface area contributed by atoms with Gasteiger partial charge < -0.3 is 31.3 Å². The van der Waals surface area contributed by atoms with E-state index >= 15 is 0 Å². The molecular formula is C32H38ClF3N7O6S+. The maximum Gasteiger partial charge on any atom is 0.416 e. The fourth-order valence-electron chi connectivity index (χ4n) is 4.81. The quantitative estimate of drug-likeness (QED) is 0.226. The third-order valence-electron chi connectivity index (χ3n) is 7.34. The zero-order valence-corrected chi connectivity index (χ0v) is 29.1. The van der Waals surface area contributed by atoms with Gasteiger partial charge in [0.15, 0.2) is 6.04 Å². The van der Waals surface area contributed by atoms with Crippen molar-refractivity contribution >= 4 is 56.7 Å². The molecule has 3 aromatic rings. The molecule has 1 aliphatic heterocycles. The van der Waals surface area contributed by atoms with Crippen LogP contribution in [0, 0.1) is 0 Å². The first-order valence-electron chi connectivity index (χ1n) is 15.4. The second kappa shape index (κ2) is 15.6. The molecule has 0 aliphatic carbocycles. The second-order valence-corrected chi connectivity index (χ2v) is 14.7. The number of nitrogens with one attached hydrogen (secondary N) is 3. The Labute approximate surface area is 292 Å². The number of ether oxygens (including phenoxy) is 1. The summed E-state index contributed by atoms with van der Waals surface area (Å²) < 4.78 is 72.7. The molecule has 0 saturated carbocycles. The van der Waals surface area contributed by atoms with E-state index in [2.05, 4.69) is 26.7 Å². The molecule has 270 valence electrons. The molecule has 1 aliphatic rings. The summed E-state index contributed by atoms with van der Waals surface area (Å²) in [4.78, 5) is 42.9. The summed E-state index contributed by atoms with van der Waals surface area (Å²) in [6.07, 6.45) is -4.96. The number of quaternary nitrogens is 1. The number of halogens is 4. The Balaban J connectivity index is 1.30. The monoisotopic (exact) mass is 740 g/mol. The van der Waals surface area contributed by atoms with Gasteiger partial charge in [0.1, 0.15) is 16.6 Å². The van der Waals surface area contributed by atoms with Crippen LogP contribution < -0.4 is 26.6 Å². The first-order chi connectivity index (χ1) is 23.3. The molecule has 2 aromatic carbocycles. The Morgan fingerprint density at radius 2 is 1.62 bits per heavy atom. The molecule has 1 aromatic heterocycles. The van der Waals surface area contributed by atoms with E-state index in [1.54, 1.807) is 39.0 Å². The number of sulfonamides is 1. The van der Waals surface area contributed by atoms with Gasteiger partial charge in [-0.2, -0.15) is 17.5 Å². The molecule has 0 bridgehead atoms. The Hall–Kier alpha value is -4.45. The predicted octanol–water partition coefficient (Wildman–Crippen LogP) is 3.98. The number of hydrogen-bond donors (Lipinski definition) is 4. The van der Waals surface area contributed by atoms with Gasteiger partial charge in [-0.3, -0.25) is 9.59 Å². The summed E-state index contributed by atoms with van der Waals surface area (Å²) in [5, 5.41) is 7.64. The Kier molecular flexibility index (Phi) is 12.0. The number of anilines is 3. The van der Waals surface area contributed by atoms with E-state index in [1.807, 2.05) is 0 Å². The van der Waals surface area contributed by atoms with Gasteiger partial charge in [-0.15, -0.1) is 0 Å². The Morgan fingerprint density at radius 3 is 2.24 bits per heavy atom. The molecular weight excluding hydrogens is 703 g/mol. The number of amides is 3. The first-order valence-corrected chi connectivity index (χ1v) is 17.3. The van der Waals surface area contributed by atoms with Gasteiger partial charge in [0.05, 0.1) is 10.5 Å². The number of alkyl halides is 3. The van der Waals surface area contributed by atoms with Crippen LogP contribution in [0.4, 0.5) is 35.2 Å². The Bertz CT molecular complexity index is 1810. The molecule has 1 unspecified atom stereocenters. The molecule has 4 rings (SSSR count). The SMILES string of the molecule is CC(C)(C)OC(=O)NCCC([NH3+])C(=O)Nc1cccc(C(=O)Nc2ccc(S(=O)(=O)N3CCN(c4cc(C(F)(F)F)cc(Cl)n4)CC3)cc2)c1. The van der Waals surface area contributed by atoms with Crippen LogP contribution in [0.15, 0.2) is 65.6 Å². The van der Waals surface area contributed by atoms with Gasteiger partial charge in [0.25, 0.3) is 11.8 Å². The van der Waals surface area contributed by atoms with Crippen molar-refractivity contribution in [3.05, 3.63) is 76.9 Å². The minimum atomic E-state index is -4.61. The van der Waals surface area contributed by atoms with E-state index < -0.39 is 51.3 Å². The number of aromatic nitrogens is 1. The van der Waals surface area contributed by atoms with E-state index in [-0.39, 0.29) is 60.6 Å². The van der Waals surface area contributed by atoms with Crippen LogP contribution in [0.3, 0.4) is 0 Å². The topological polar surface area (TPSA) is 178 Å². The number of pyridine rings is 1. The lowest BCUT2D eigenvalue weighted by atomic mass is 10.1. The first kappa shape index (κ1) is 38.4. The number of carbonyl (C=O) groups is 3. The van der Waals surface area contributed by atoms with E-state index in [0.29, 0.717) is 11.4 Å². The van der Waals surface area contributed by atoms with Gasteiger partial charge >= 0.3 is 12.3 Å². The van der Waals surface area contributed by atoms with Crippen molar-refractivity contribution in [2.75, 3.05) is 48.3 Å². The average molecular weight is 741 g/mol. The number of rotatable bonds is 10. The molecule has 1 saturated heterocycles. The fourth-order valence-corrected chi connectivity index (χ4v) is 6.43. The summed E-state index contributed by atoms with van der Waals surface area (Å²) in [5.41, 5.74) is 3.13. The second-order valence-electron chi connectivity index (χ2n) is 12.4. The fraction of sp³-hybridized carbons (Fsp3) is 0.375. The van der Waals surface area contributed by atoms with Crippen LogP contribution in [0.5, 0.6) is 0 Å². The summed E-state index contributed by atoms with van der Waals surface area (Å²) in [6.45, 7) is 5.58. The van der Waals surface area contributed by atoms with E-state index in [0.717, 1.165) is 12.1 Å². The molecule has 0 spiro atoms. The number of alkyl carbamates (subject to hydrolysis) is 1. The molecule has 13 nitrogen and oxygen atoms in total. The van der Waals surface area contributed by atoms with Crippen LogP contribution >= 0.6 is 11.6 Å². The minimum absolute atomic E-state index is 0.00105. The molecule has 1 fully saturated rings. The van der Waals surface area contributed by atoms with Crippen molar-refractivity contribution in [2.45, 2.75) is 49.9 Å². The predicted molar refractivity (Wildman–Crippen MR) is 180 cm³/mol. The van der Waals surface area contributed by atoms with Gasteiger partial charge in [0.2, 0.25) is 10.0 Å². The Morgan fingerprint density at radius 1 is 0.960 bits per heavy atom. The van der Waals surface area contributed by atoms with Crippen LogP contribution in [0.2, 0.25) is 5.15 Å². The van der Waals surface area contributed by atoms with Crippen molar-refractivity contribution in [1.82, 2.24) is 14.6 Å². The maximum atomic E-state index is 13.3. The van der Waals surface area contributed by atoms with Crippen LogP contribution in [-0.2, 0) is 25.7 Å². The van der Waals surface area contributed by atoms with Gasteiger partial charge in [-0.1, -0.05) is 17.7 Å². The zero-order valence-electron chi connectivity index (χ0n) is 27.5. The highest BCUT2D eigenvalue weighted by Gasteiger charge is 2.34. The number of hydrogen-bond acceptors (Lipinski definition) is 8. The lowest BCUT2D eigenvalue weighted by Crippen LogP contribution is -2.67. The number of carbonyl (C=O) groups excluding carboxylic acids is 3. The maximum absolute atomic E-state index is 13.3. The zero-order chi connectivity index (χ0) is 36.9. The standard InChI is InChI=1S/C32H37ClF3N7O6S/c1-31(2,3)49-30(46)38-12-11-25(37)29(45)40-23-6-4-5-20(17-23)28(44)39-22-7-9-24(10-8-22)50(47,48)43-15-13-42(14-16-43)27-19-21(32(34,35)36)18-26(33)41-27/h4-10,17-19,25H,11-16,37H2,1-3H3,(H,38,46)(H,39,44)(H,40,45)/p+1. The molecule has 6 N–H and O–H groups in total. The largest absolute Gasteiger partial charge is 0.444 e. The average Bonchev–Trinajstić information content (AvgIpc) is 3.03. The van der Waals surface area contributed by atoms with Gasteiger partial charge in [-0.05, 0) is 75.4 Å². The van der Waals surface area contributed by atoms with Crippen molar-refractivity contribution in [2.24, 2.45) is 0 Å². The van der Waals surface area contributed by atoms with Crippen molar-refractivity contribution in [3.63, 3.8) is 0 Å². The molecule has 3 amide bonds. The van der Waals surface area contributed by atoms with E-state index in [1.165, 1.54) is 39.5 Å². The van der Waals surface area contributed by atoms with Crippen LogP contribution in [0.1, 0.15) is 43.1 Å². The highest BCUT2D eigenvalue weighted by atomic mass is 35.5. The minimum Gasteiger partial charge on any atom is -0.444 e. The molecule has 0 radical (unpaired) electrons. The summed E-state index contributed by atoms with van der Waals surface area (Å²) >= 11 is 5.80. The summed E-state index contributed by atoms with van der Waals surface area (Å²) in [7, 11) is -3.95. The normalized spacial score (nSPS) is 14.8. The summed E-state index contributed by atoms with van der Waals surface area (Å²) in [5.74, 6) is -0.918. The molecule has 50 heavy (non-hydrogen) atoms. The highest BCUT2D eigenvalue weighted by molar-refractivity contribution is 7.89.